The van der Waals surface area contributed by atoms with Crippen LogP contribution < -0.4 is 14.8 Å². The maximum Gasteiger partial charge on any atom is 0.407 e. The molecule has 218 valence electrons. The molecule has 3 rings (SSSR count). The molecule has 0 radical (unpaired) electrons. The highest BCUT2D eigenvalue weighted by Gasteiger charge is 2.19. The summed E-state index contributed by atoms with van der Waals surface area (Å²) >= 11 is 13.0. The number of halogens is 2. The number of ether oxygens (including phenoxy) is 4. The predicted molar refractivity (Wildman–Crippen MR) is 158 cm³/mol. The molecule has 8 nitrogen and oxygen atoms in total. The summed E-state index contributed by atoms with van der Waals surface area (Å²) in [4.78, 5) is 36.4. The molecule has 0 aliphatic carbocycles. The van der Waals surface area contributed by atoms with Gasteiger partial charge in [-0.15, -0.1) is 0 Å². The summed E-state index contributed by atoms with van der Waals surface area (Å²) in [5.41, 5.74) is 2.64. The Hall–Kier alpha value is -3.75. The van der Waals surface area contributed by atoms with E-state index in [-0.39, 0.29) is 46.8 Å². The van der Waals surface area contributed by atoms with E-state index in [1.807, 2.05) is 12.1 Å². The van der Waals surface area contributed by atoms with Crippen molar-refractivity contribution in [3.63, 3.8) is 0 Å². The maximum absolute atomic E-state index is 13.4. The highest BCUT2D eigenvalue weighted by Crippen LogP contribution is 2.39. The van der Waals surface area contributed by atoms with Gasteiger partial charge in [0.2, 0.25) is 0 Å². The van der Waals surface area contributed by atoms with Crippen molar-refractivity contribution >= 4 is 41.0 Å². The van der Waals surface area contributed by atoms with Crippen LogP contribution in [0.2, 0.25) is 10.0 Å². The van der Waals surface area contributed by atoms with E-state index in [0.717, 1.165) is 5.56 Å². The molecular formula is C31H33Cl2NO7. The average Bonchev–Trinajstić information content (AvgIpc) is 2.93. The van der Waals surface area contributed by atoms with E-state index in [9.17, 15) is 14.4 Å². The molecule has 3 aromatic carbocycles. The Balaban J connectivity index is 1.70. The van der Waals surface area contributed by atoms with Crippen molar-refractivity contribution < 1.29 is 33.3 Å². The fourth-order valence-corrected chi connectivity index (χ4v) is 4.46. The van der Waals surface area contributed by atoms with Crippen LogP contribution >= 0.6 is 23.2 Å². The molecule has 0 fully saturated rings. The predicted octanol–water partition coefficient (Wildman–Crippen LogP) is 7.15. The zero-order valence-corrected chi connectivity index (χ0v) is 25.2. The Bertz CT molecular complexity index is 1380. The molecule has 41 heavy (non-hydrogen) atoms. The first-order chi connectivity index (χ1) is 19.4. The number of benzene rings is 3. The number of hydrogen-bond donors (Lipinski definition) is 1. The second-order valence-corrected chi connectivity index (χ2v) is 10.9. The van der Waals surface area contributed by atoms with Crippen molar-refractivity contribution in [1.29, 1.82) is 0 Å². The number of carbonyl (C=O) groups excluding carboxylic acids is 3. The summed E-state index contributed by atoms with van der Waals surface area (Å²) in [6.07, 6.45) is -0.424. The molecule has 0 unspecified atom stereocenters. The largest absolute Gasteiger partial charge is 0.496 e. The van der Waals surface area contributed by atoms with Gasteiger partial charge < -0.3 is 24.3 Å². The lowest BCUT2D eigenvalue weighted by Crippen LogP contribution is -2.31. The molecule has 0 heterocycles. The van der Waals surface area contributed by atoms with Gasteiger partial charge in [-0.25, -0.2) is 4.79 Å². The molecule has 0 bridgehead atoms. The van der Waals surface area contributed by atoms with E-state index >= 15 is 0 Å². The molecule has 0 saturated heterocycles. The molecule has 1 N–H and O–H groups in total. The van der Waals surface area contributed by atoms with Gasteiger partial charge in [-0.3, -0.25) is 9.59 Å². The Labute approximate surface area is 249 Å². The summed E-state index contributed by atoms with van der Waals surface area (Å²) < 4.78 is 21.2. The monoisotopic (exact) mass is 601 g/mol. The third kappa shape index (κ3) is 8.87. The second kappa shape index (κ2) is 14.2. The lowest BCUT2D eigenvalue weighted by molar-refractivity contribution is -0.141. The lowest BCUT2D eigenvalue weighted by Gasteiger charge is -2.19. The number of hydrogen-bond acceptors (Lipinski definition) is 7. The van der Waals surface area contributed by atoms with E-state index in [4.69, 9.17) is 42.1 Å². The van der Waals surface area contributed by atoms with E-state index in [0.29, 0.717) is 34.6 Å². The highest BCUT2D eigenvalue weighted by molar-refractivity contribution is 6.37. The molecular weight excluding hydrogens is 569 g/mol. The van der Waals surface area contributed by atoms with E-state index in [2.05, 4.69) is 26.1 Å². The molecule has 0 aliphatic heterocycles. The maximum atomic E-state index is 13.4. The van der Waals surface area contributed by atoms with E-state index < -0.39 is 12.1 Å². The number of methoxy groups -OCH3 is 1. The van der Waals surface area contributed by atoms with Gasteiger partial charge in [-0.05, 0) is 53.8 Å². The Morgan fingerprint density at radius 1 is 0.902 bits per heavy atom. The van der Waals surface area contributed by atoms with Gasteiger partial charge in [0.25, 0.3) is 0 Å². The molecule has 0 saturated carbocycles. The zero-order chi connectivity index (χ0) is 30.2. The number of ketones is 1. The minimum Gasteiger partial charge on any atom is -0.496 e. The number of alkyl carbamates (subject to hydrolysis) is 1. The van der Waals surface area contributed by atoms with Crippen LogP contribution in [0.5, 0.6) is 17.2 Å². The molecule has 0 aromatic heterocycles. The van der Waals surface area contributed by atoms with Gasteiger partial charge in [0.15, 0.2) is 11.5 Å². The summed E-state index contributed by atoms with van der Waals surface area (Å²) in [5, 5.41) is 2.78. The summed E-state index contributed by atoms with van der Waals surface area (Å²) in [7, 11) is 1.50. The fourth-order valence-electron chi connectivity index (χ4n) is 3.85. The van der Waals surface area contributed by atoms with Crippen LogP contribution in [0.1, 0.15) is 54.7 Å². The van der Waals surface area contributed by atoms with Crippen LogP contribution in [0.25, 0.3) is 0 Å². The third-order valence-corrected chi connectivity index (χ3v) is 6.57. The Morgan fingerprint density at radius 3 is 2.15 bits per heavy atom. The van der Waals surface area contributed by atoms with Crippen molar-refractivity contribution in [1.82, 2.24) is 5.32 Å². The van der Waals surface area contributed by atoms with Crippen LogP contribution in [-0.2, 0) is 26.1 Å². The highest BCUT2D eigenvalue weighted by atomic mass is 35.5. The third-order valence-electron chi connectivity index (χ3n) is 6.01. The molecule has 3 aromatic rings. The minimum atomic E-state index is -0.745. The molecule has 0 aliphatic rings. The summed E-state index contributed by atoms with van der Waals surface area (Å²) in [5.74, 6) is 0.191. The number of carbonyl (C=O) groups is 3. The quantitative estimate of drug-likeness (QED) is 0.184. The van der Waals surface area contributed by atoms with Gasteiger partial charge in [0.05, 0.1) is 35.9 Å². The van der Waals surface area contributed by atoms with E-state index in [1.165, 1.54) is 7.11 Å². The molecule has 0 spiro atoms. The zero-order valence-electron chi connectivity index (χ0n) is 23.6. The van der Waals surface area contributed by atoms with Crippen molar-refractivity contribution in [3.05, 3.63) is 86.9 Å². The molecule has 10 heteroatoms. The topological polar surface area (TPSA) is 100 Å². The normalized spacial score (nSPS) is 11.0. The lowest BCUT2D eigenvalue weighted by atomic mass is 9.86. The van der Waals surface area contributed by atoms with Crippen molar-refractivity contribution in [3.8, 4) is 17.2 Å². The van der Waals surface area contributed by atoms with E-state index in [1.54, 1.807) is 49.4 Å². The van der Waals surface area contributed by atoms with Crippen LogP contribution in [-0.4, -0.2) is 44.7 Å². The van der Waals surface area contributed by atoms with Gasteiger partial charge in [-0.2, -0.15) is 0 Å². The Morgan fingerprint density at radius 2 is 1.56 bits per heavy atom. The smallest absolute Gasteiger partial charge is 0.407 e. The standard InChI is InChI=1S/C31H33Cl2NO7/c1-6-39-27(35)18-34-30(37)40-14-13-19-15-24(32)29(25(33)16-19)41-22-11-12-26(38-5)23(17-22)28(36)20-7-9-21(10-8-20)31(2,3)4/h7-12,15-17H,6,13-14,18H2,1-5H3,(H,34,37). The number of amides is 1. The van der Waals surface area contributed by atoms with Crippen molar-refractivity contribution in [2.24, 2.45) is 0 Å². The first-order valence-corrected chi connectivity index (χ1v) is 13.7. The number of rotatable bonds is 11. The van der Waals surface area contributed by atoms with Gasteiger partial charge >= 0.3 is 12.1 Å². The average molecular weight is 603 g/mol. The van der Waals surface area contributed by atoms with Crippen LogP contribution in [0.15, 0.2) is 54.6 Å². The van der Waals surface area contributed by atoms with Crippen molar-refractivity contribution in [2.45, 2.75) is 39.5 Å². The Kier molecular flexibility index (Phi) is 11.0. The van der Waals surface area contributed by atoms with Gasteiger partial charge in [-0.1, -0.05) is 68.2 Å². The first kappa shape index (κ1) is 31.8. The first-order valence-electron chi connectivity index (χ1n) is 13.0. The number of esters is 1. The fraction of sp³-hybridized carbons (Fsp3) is 0.323. The molecule has 0 atom stereocenters. The van der Waals surface area contributed by atoms with Crippen LogP contribution in [0.3, 0.4) is 0 Å². The summed E-state index contributed by atoms with van der Waals surface area (Å²) in [6.45, 7) is 7.98. The van der Waals surface area contributed by atoms with Crippen molar-refractivity contribution in [2.75, 3.05) is 26.9 Å². The molecule has 1 amide bonds. The second-order valence-electron chi connectivity index (χ2n) is 10.1. The van der Waals surface area contributed by atoms with Crippen LogP contribution in [0, 0.1) is 0 Å². The minimum absolute atomic E-state index is 0.0300. The SMILES string of the molecule is CCOC(=O)CNC(=O)OCCc1cc(Cl)c(Oc2ccc(OC)c(C(=O)c3ccc(C(C)(C)C)cc3)c2)c(Cl)c1. The van der Waals surface area contributed by atoms with Gasteiger partial charge in [0.1, 0.15) is 18.0 Å². The summed E-state index contributed by atoms with van der Waals surface area (Å²) in [6, 6.07) is 15.7. The van der Waals surface area contributed by atoms with Gasteiger partial charge in [0, 0.05) is 12.0 Å². The van der Waals surface area contributed by atoms with Crippen LogP contribution in [0.4, 0.5) is 4.79 Å². The number of nitrogens with one attached hydrogen (secondary N) is 1.